The SMILES string of the molecule is c1ccc(-c2cc(-c3ccccc3)cc(N(c3ccc4oc5ccccc5c4c3)c3ccc(-c4ccc5oc6ccccc6c5c4)c4ccccc34)c2)cc1. The zero-order valence-electron chi connectivity index (χ0n) is 29.8. The van der Waals surface area contributed by atoms with Crippen LogP contribution >= 0.6 is 0 Å². The van der Waals surface area contributed by atoms with E-state index in [1.807, 2.05) is 24.3 Å². The minimum absolute atomic E-state index is 0.871. The van der Waals surface area contributed by atoms with E-state index in [-0.39, 0.29) is 0 Å². The van der Waals surface area contributed by atoms with Crippen LogP contribution in [0.5, 0.6) is 0 Å². The average molecular weight is 704 g/mol. The van der Waals surface area contributed by atoms with Crippen molar-refractivity contribution in [3.63, 3.8) is 0 Å². The number of fused-ring (bicyclic) bond motifs is 7. The quantitative estimate of drug-likeness (QED) is 0.173. The molecule has 0 spiro atoms. The number of hydrogen-bond donors (Lipinski definition) is 0. The van der Waals surface area contributed by atoms with Crippen LogP contribution in [0.1, 0.15) is 0 Å². The van der Waals surface area contributed by atoms with Crippen molar-refractivity contribution in [3.05, 3.63) is 200 Å². The third-order valence-corrected chi connectivity index (χ3v) is 10.8. The van der Waals surface area contributed by atoms with Gasteiger partial charge in [-0.2, -0.15) is 0 Å². The standard InChI is InChI=1S/C52H33NO2/c1-3-13-34(14-4-1)37-29-38(35-15-5-2-6-16-35)31-40(30-37)53(39-24-28-52-47(33-39)45-20-10-12-22-50(45)55-52)48-26-25-41(42-17-7-8-18-43(42)48)36-23-27-51-46(32-36)44-19-9-11-21-49(44)54-51/h1-33H. The monoisotopic (exact) mass is 703 g/mol. The fourth-order valence-corrected chi connectivity index (χ4v) is 8.24. The maximum absolute atomic E-state index is 6.31. The first-order chi connectivity index (χ1) is 27.2. The van der Waals surface area contributed by atoms with Gasteiger partial charge in [0.25, 0.3) is 0 Å². The van der Waals surface area contributed by atoms with E-state index in [0.717, 1.165) is 83.0 Å². The molecule has 9 aromatic carbocycles. The van der Waals surface area contributed by atoms with Crippen molar-refractivity contribution >= 4 is 71.7 Å². The van der Waals surface area contributed by atoms with Gasteiger partial charge >= 0.3 is 0 Å². The van der Waals surface area contributed by atoms with Gasteiger partial charge < -0.3 is 13.7 Å². The zero-order valence-corrected chi connectivity index (χ0v) is 29.8. The van der Waals surface area contributed by atoms with Gasteiger partial charge in [-0.25, -0.2) is 0 Å². The molecule has 0 unspecified atom stereocenters. The van der Waals surface area contributed by atoms with Gasteiger partial charge in [0.05, 0.1) is 5.69 Å². The van der Waals surface area contributed by atoms with Gasteiger partial charge in [0, 0.05) is 38.3 Å². The molecule has 0 amide bonds. The maximum Gasteiger partial charge on any atom is 0.135 e. The highest BCUT2D eigenvalue weighted by Crippen LogP contribution is 2.46. The topological polar surface area (TPSA) is 29.5 Å². The molecule has 0 radical (unpaired) electrons. The lowest BCUT2D eigenvalue weighted by Gasteiger charge is -2.29. The van der Waals surface area contributed by atoms with E-state index in [0.29, 0.717) is 0 Å². The number of para-hydroxylation sites is 2. The molecule has 3 nitrogen and oxygen atoms in total. The molecule has 2 heterocycles. The van der Waals surface area contributed by atoms with Crippen LogP contribution < -0.4 is 4.90 Å². The van der Waals surface area contributed by atoms with E-state index >= 15 is 0 Å². The third kappa shape index (κ3) is 5.28. The Bertz CT molecular complexity index is 3150. The van der Waals surface area contributed by atoms with Crippen LogP contribution in [0.15, 0.2) is 209 Å². The Hall–Kier alpha value is -7.36. The van der Waals surface area contributed by atoms with Crippen molar-refractivity contribution in [2.45, 2.75) is 0 Å². The van der Waals surface area contributed by atoms with Crippen molar-refractivity contribution in [1.82, 2.24) is 0 Å². The molecule has 0 aliphatic heterocycles. The summed E-state index contributed by atoms with van der Waals surface area (Å²) in [7, 11) is 0. The molecule has 0 N–H and O–H groups in total. The van der Waals surface area contributed by atoms with Gasteiger partial charge in [-0.1, -0.05) is 133 Å². The molecule has 0 saturated carbocycles. The predicted molar refractivity (Wildman–Crippen MR) is 229 cm³/mol. The highest BCUT2D eigenvalue weighted by Gasteiger charge is 2.21. The van der Waals surface area contributed by atoms with Crippen molar-refractivity contribution < 1.29 is 8.83 Å². The average Bonchev–Trinajstić information content (AvgIpc) is 3.82. The minimum Gasteiger partial charge on any atom is -0.456 e. The van der Waals surface area contributed by atoms with Gasteiger partial charge in [0.15, 0.2) is 0 Å². The highest BCUT2D eigenvalue weighted by atomic mass is 16.3. The molecule has 0 aliphatic rings. The molecule has 0 bridgehead atoms. The Balaban J connectivity index is 1.17. The number of hydrogen-bond acceptors (Lipinski definition) is 3. The van der Waals surface area contributed by atoms with Gasteiger partial charge in [-0.15, -0.1) is 0 Å². The number of anilines is 3. The van der Waals surface area contributed by atoms with Gasteiger partial charge in [0.2, 0.25) is 0 Å². The summed E-state index contributed by atoms with van der Waals surface area (Å²) in [5.74, 6) is 0. The largest absolute Gasteiger partial charge is 0.456 e. The Kier molecular flexibility index (Phi) is 7.17. The van der Waals surface area contributed by atoms with Crippen LogP contribution in [0.3, 0.4) is 0 Å². The molecule has 11 rings (SSSR count). The summed E-state index contributed by atoms with van der Waals surface area (Å²) in [6, 6.07) is 71.3. The van der Waals surface area contributed by atoms with Crippen LogP contribution in [-0.4, -0.2) is 0 Å². The molecular formula is C52H33NO2. The second-order valence-corrected chi connectivity index (χ2v) is 14.1. The van der Waals surface area contributed by atoms with Crippen molar-refractivity contribution in [2.75, 3.05) is 4.90 Å². The first-order valence-electron chi connectivity index (χ1n) is 18.7. The van der Waals surface area contributed by atoms with Crippen LogP contribution in [0, 0.1) is 0 Å². The fraction of sp³-hybridized carbons (Fsp3) is 0. The van der Waals surface area contributed by atoms with E-state index in [2.05, 4.69) is 181 Å². The van der Waals surface area contributed by atoms with Crippen molar-refractivity contribution in [3.8, 4) is 33.4 Å². The molecule has 11 aromatic rings. The molecular weight excluding hydrogens is 671 g/mol. The molecule has 0 fully saturated rings. The number of furan rings is 2. The van der Waals surface area contributed by atoms with Crippen molar-refractivity contribution in [2.24, 2.45) is 0 Å². The summed E-state index contributed by atoms with van der Waals surface area (Å²) >= 11 is 0. The zero-order chi connectivity index (χ0) is 36.3. The second kappa shape index (κ2) is 12.6. The summed E-state index contributed by atoms with van der Waals surface area (Å²) in [5, 5.41) is 6.76. The summed E-state index contributed by atoms with van der Waals surface area (Å²) in [6.07, 6.45) is 0. The molecule has 3 heteroatoms. The summed E-state index contributed by atoms with van der Waals surface area (Å²) in [4.78, 5) is 2.42. The third-order valence-electron chi connectivity index (χ3n) is 10.8. The fourth-order valence-electron chi connectivity index (χ4n) is 8.24. The van der Waals surface area contributed by atoms with Gasteiger partial charge in [-0.05, 0) is 105 Å². The number of nitrogens with zero attached hydrogens (tertiary/aromatic N) is 1. The second-order valence-electron chi connectivity index (χ2n) is 14.1. The van der Waals surface area contributed by atoms with E-state index in [9.17, 15) is 0 Å². The molecule has 258 valence electrons. The van der Waals surface area contributed by atoms with E-state index < -0.39 is 0 Å². The normalized spacial score (nSPS) is 11.6. The lowest BCUT2D eigenvalue weighted by Crippen LogP contribution is -2.11. The predicted octanol–water partition coefficient (Wildman–Crippen LogP) is 15.1. The molecule has 0 atom stereocenters. The Morgan fingerprint density at radius 3 is 1.42 bits per heavy atom. The summed E-state index contributed by atoms with van der Waals surface area (Å²) in [5.41, 5.74) is 13.7. The summed E-state index contributed by atoms with van der Waals surface area (Å²) < 4.78 is 12.5. The Morgan fingerprint density at radius 2 is 0.782 bits per heavy atom. The smallest absolute Gasteiger partial charge is 0.135 e. The maximum atomic E-state index is 6.31. The minimum atomic E-state index is 0.871. The van der Waals surface area contributed by atoms with E-state index in [4.69, 9.17) is 8.83 Å². The number of rotatable bonds is 6. The molecule has 0 aliphatic carbocycles. The van der Waals surface area contributed by atoms with Gasteiger partial charge in [-0.3, -0.25) is 0 Å². The Labute approximate surface area is 317 Å². The van der Waals surface area contributed by atoms with E-state index in [1.54, 1.807) is 0 Å². The van der Waals surface area contributed by atoms with Crippen LogP contribution in [0.2, 0.25) is 0 Å². The van der Waals surface area contributed by atoms with Gasteiger partial charge in [0.1, 0.15) is 22.3 Å². The van der Waals surface area contributed by atoms with Crippen LogP contribution in [0.25, 0.3) is 88.0 Å². The molecule has 0 saturated heterocycles. The summed E-state index contributed by atoms with van der Waals surface area (Å²) in [6.45, 7) is 0. The Morgan fingerprint density at radius 1 is 0.273 bits per heavy atom. The van der Waals surface area contributed by atoms with E-state index in [1.165, 1.54) is 22.1 Å². The first-order valence-corrected chi connectivity index (χ1v) is 18.7. The van der Waals surface area contributed by atoms with Crippen LogP contribution in [-0.2, 0) is 0 Å². The first kappa shape index (κ1) is 31.2. The molecule has 55 heavy (non-hydrogen) atoms. The lowest BCUT2D eigenvalue weighted by atomic mass is 9.94. The van der Waals surface area contributed by atoms with Crippen molar-refractivity contribution in [1.29, 1.82) is 0 Å². The molecule has 2 aromatic heterocycles. The highest BCUT2D eigenvalue weighted by molar-refractivity contribution is 6.11. The van der Waals surface area contributed by atoms with Crippen LogP contribution in [0.4, 0.5) is 17.1 Å². The lowest BCUT2D eigenvalue weighted by molar-refractivity contribution is 0.668. The number of benzene rings is 9.